The van der Waals surface area contributed by atoms with Gasteiger partial charge in [0.25, 0.3) is 5.91 Å². The predicted molar refractivity (Wildman–Crippen MR) is 134 cm³/mol. The predicted octanol–water partition coefficient (Wildman–Crippen LogP) is 5.10. The van der Waals surface area contributed by atoms with Crippen LogP contribution in [0.1, 0.15) is 12.5 Å². The number of hydrogen-bond acceptors (Lipinski definition) is 7. The molecular weight excluding hydrogens is 444 g/mol. The summed E-state index contributed by atoms with van der Waals surface area (Å²) in [7, 11) is 1.50. The van der Waals surface area contributed by atoms with Crippen LogP contribution in [0.15, 0.2) is 73.4 Å². The summed E-state index contributed by atoms with van der Waals surface area (Å²) in [6.07, 6.45) is 6.50. The summed E-state index contributed by atoms with van der Waals surface area (Å²) in [6.45, 7) is 3.68. The van der Waals surface area contributed by atoms with Crippen molar-refractivity contribution < 1.29 is 14.3 Å². The van der Waals surface area contributed by atoms with Gasteiger partial charge in [0.1, 0.15) is 35.4 Å². The number of rotatable bonds is 7. The zero-order chi connectivity index (χ0) is 24.4. The first-order valence-electron chi connectivity index (χ1n) is 11.1. The second kappa shape index (κ2) is 9.40. The molecule has 0 bridgehead atoms. The van der Waals surface area contributed by atoms with Crippen LogP contribution in [0.4, 0.5) is 17.2 Å². The van der Waals surface area contributed by atoms with Crippen molar-refractivity contribution in [2.24, 2.45) is 0 Å². The molecule has 35 heavy (non-hydrogen) atoms. The lowest BCUT2D eigenvalue weighted by molar-refractivity contribution is -0.124. The average Bonchev–Trinajstić information content (AvgIpc) is 3.33. The number of methoxy groups -OCH3 is 1. The lowest BCUT2D eigenvalue weighted by atomic mass is 10.1. The second-order valence-corrected chi connectivity index (χ2v) is 8.08. The molecule has 0 unspecified atom stereocenters. The molecule has 9 nitrogen and oxygen atoms in total. The van der Waals surface area contributed by atoms with E-state index in [4.69, 9.17) is 9.47 Å². The molecule has 0 fully saturated rings. The summed E-state index contributed by atoms with van der Waals surface area (Å²) in [6, 6.07) is 15.1. The zero-order valence-electron chi connectivity index (χ0n) is 19.5. The Balaban J connectivity index is 1.37. The lowest BCUT2D eigenvalue weighted by Gasteiger charge is -2.14. The zero-order valence-corrected chi connectivity index (χ0v) is 19.5. The van der Waals surface area contributed by atoms with Crippen molar-refractivity contribution in [2.45, 2.75) is 20.0 Å². The minimum absolute atomic E-state index is 0.226. The lowest BCUT2D eigenvalue weighted by Crippen LogP contribution is -2.26. The Morgan fingerprint density at radius 3 is 2.69 bits per heavy atom. The van der Waals surface area contributed by atoms with Gasteiger partial charge in [-0.25, -0.2) is 15.0 Å². The Kier molecular flexibility index (Phi) is 5.99. The SMILES string of the molecule is CO[C@H](C)C(=O)Nc1ccc2ncnc(Nc3ccc(Oc4ccn5ccnc5c4)c(C)c3)c2c1. The highest BCUT2D eigenvalue weighted by Gasteiger charge is 2.13. The molecule has 176 valence electrons. The Bertz CT molecular complexity index is 1530. The van der Waals surface area contributed by atoms with E-state index in [2.05, 4.69) is 25.6 Å². The number of nitrogens with zero attached hydrogens (tertiary/aromatic N) is 4. The molecule has 1 amide bonds. The quantitative estimate of drug-likeness (QED) is 0.343. The number of ether oxygens (including phenoxy) is 2. The number of carbonyl (C=O) groups is 1. The molecule has 5 rings (SSSR count). The van der Waals surface area contributed by atoms with Crippen molar-refractivity contribution in [1.82, 2.24) is 19.4 Å². The number of benzene rings is 2. The highest BCUT2D eigenvalue weighted by Crippen LogP contribution is 2.31. The van der Waals surface area contributed by atoms with Gasteiger partial charge in [0.05, 0.1) is 5.52 Å². The van der Waals surface area contributed by atoms with Crippen molar-refractivity contribution in [1.29, 1.82) is 0 Å². The van der Waals surface area contributed by atoms with E-state index >= 15 is 0 Å². The van der Waals surface area contributed by atoms with Crippen molar-refractivity contribution in [3.8, 4) is 11.5 Å². The van der Waals surface area contributed by atoms with Crippen molar-refractivity contribution in [3.05, 3.63) is 79.0 Å². The fraction of sp³-hybridized carbons (Fsp3) is 0.154. The number of aryl methyl sites for hydroxylation is 1. The maximum atomic E-state index is 12.2. The van der Waals surface area contributed by atoms with Crippen molar-refractivity contribution >= 4 is 39.6 Å². The first-order chi connectivity index (χ1) is 17.0. The number of pyridine rings is 1. The summed E-state index contributed by atoms with van der Waals surface area (Å²) in [5.41, 5.74) is 4.02. The summed E-state index contributed by atoms with van der Waals surface area (Å²) in [5, 5.41) is 6.99. The van der Waals surface area contributed by atoms with E-state index in [1.54, 1.807) is 19.2 Å². The molecule has 0 aliphatic heterocycles. The molecular formula is C26H24N6O3. The Hall–Kier alpha value is -4.50. The number of hydrogen-bond donors (Lipinski definition) is 2. The number of imidazole rings is 1. The number of carbonyl (C=O) groups excluding carboxylic acids is 1. The van der Waals surface area contributed by atoms with Crippen molar-refractivity contribution in [3.63, 3.8) is 0 Å². The summed E-state index contributed by atoms with van der Waals surface area (Å²) in [4.78, 5) is 25.3. The number of aromatic nitrogens is 4. The van der Waals surface area contributed by atoms with Crippen LogP contribution in [0.25, 0.3) is 16.6 Å². The van der Waals surface area contributed by atoms with E-state index in [0.29, 0.717) is 17.3 Å². The van der Waals surface area contributed by atoms with Crippen molar-refractivity contribution in [2.75, 3.05) is 17.7 Å². The van der Waals surface area contributed by atoms with E-state index < -0.39 is 6.10 Å². The topological polar surface area (TPSA) is 103 Å². The average molecular weight is 469 g/mol. The van der Waals surface area contributed by atoms with Gasteiger partial charge in [0, 0.05) is 48.5 Å². The van der Waals surface area contributed by atoms with E-state index in [9.17, 15) is 4.79 Å². The molecule has 2 aromatic carbocycles. The van der Waals surface area contributed by atoms with Gasteiger partial charge >= 0.3 is 0 Å². The van der Waals surface area contributed by atoms with Gasteiger partial charge in [-0.1, -0.05) is 0 Å². The number of amides is 1. The summed E-state index contributed by atoms with van der Waals surface area (Å²) in [5.74, 6) is 1.86. The van der Waals surface area contributed by atoms with Gasteiger partial charge < -0.3 is 24.5 Å². The number of nitrogens with one attached hydrogen (secondary N) is 2. The molecule has 2 N–H and O–H groups in total. The molecule has 9 heteroatoms. The highest BCUT2D eigenvalue weighted by atomic mass is 16.5. The van der Waals surface area contributed by atoms with Crippen LogP contribution in [-0.4, -0.2) is 38.5 Å². The fourth-order valence-corrected chi connectivity index (χ4v) is 3.65. The second-order valence-electron chi connectivity index (χ2n) is 8.08. The first kappa shape index (κ1) is 22.3. The van der Waals surface area contributed by atoms with Gasteiger partial charge in [-0.2, -0.15) is 0 Å². The van der Waals surface area contributed by atoms with E-state index in [1.165, 1.54) is 13.4 Å². The van der Waals surface area contributed by atoms with E-state index in [1.807, 2.05) is 66.2 Å². The van der Waals surface area contributed by atoms with Crippen LogP contribution >= 0.6 is 0 Å². The monoisotopic (exact) mass is 468 g/mol. The van der Waals surface area contributed by atoms with Crippen LogP contribution in [0, 0.1) is 6.92 Å². The minimum Gasteiger partial charge on any atom is -0.457 e. The van der Waals surface area contributed by atoms with Gasteiger partial charge in [-0.15, -0.1) is 0 Å². The highest BCUT2D eigenvalue weighted by molar-refractivity contribution is 5.98. The van der Waals surface area contributed by atoms with Crippen LogP contribution in [0.3, 0.4) is 0 Å². The molecule has 5 aromatic rings. The fourth-order valence-electron chi connectivity index (χ4n) is 3.65. The number of anilines is 3. The van der Waals surface area contributed by atoms with Gasteiger partial charge in [0.15, 0.2) is 0 Å². The first-order valence-corrected chi connectivity index (χ1v) is 11.1. The number of fused-ring (bicyclic) bond motifs is 2. The summed E-state index contributed by atoms with van der Waals surface area (Å²) < 4.78 is 13.1. The van der Waals surface area contributed by atoms with Gasteiger partial charge in [-0.3, -0.25) is 4.79 Å². The third kappa shape index (κ3) is 4.75. The van der Waals surface area contributed by atoms with Gasteiger partial charge in [-0.05, 0) is 61.9 Å². The molecule has 0 spiro atoms. The maximum Gasteiger partial charge on any atom is 0.253 e. The largest absolute Gasteiger partial charge is 0.457 e. The Morgan fingerprint density at radius 1 is 1.00 bits per heavy atom. The van der Waals surface area contributed by atoms with Gasteiger partial charge in [0.2, 0.25) is 0 Å². The van der Waals surface area contributed by atoms with Crippen LogP contribution in [-0.2, 0) is 9.53 Å². The minimum atomic E-state index is -0.555. The molecule has 0 aliphatic rings. The molecule has 0 saturated heterocycles. The normalized spacial score (nSPS) is 12.0. The Morgan fingerprint density at radius 2 is 1.86 bits per heavy atom. The molecule has 3 aromatic heterocycles. The maximum absolute atomic E-state index is 12.2. The van der Waals surface area contributed by atoms with Crippen LogP contribution in [0.2, 0.25) is 0 Å². The third-order valence-corrected chi connectivity index (χ3v) is 5.66. The smallest absolute Gasteiger partial charge is 0.253 e. The molecule has 0 aliphatic carbocycles. The summed E-state index contributed by atoms with van der Waals surface area (Å²) >= 11 is 0. The van der Waals surface area contributed by atoms with E-state index in [0.717, 1.165) is 33.6 Å². The molecule has 1 atom stereocenters. The molecule has 3 heterocycles. The molecule has 0 saturated carbocycles. The Labute approximate surface area is 201 Å². The third-order valence-electron chi connectivity index (χ3n) is 5.66. The van der Waals surface area contributed by atoms with Crippen LogP contribution in [0.5, 0.6) is 11.5 Å². The van der Waals surface area contributed by atoms with E-state index in [-0.39, 0.29) is 5.91 Å². The standard InChI is InChI=1S/C26H24N6O3/c1-16-12-18(5-7-23(16)35-20-8-10-32-11-9-27-24(32)14-20)30-25-21-13-19(31-26(33)17(2)34-3)4-6-22(21)28-15-29-25/h4-15,17H,1-3H3,(H,31,33)(H,28,29,30)/t17-/m1/s1. The molecule has 0 radical (unpaired) electrons. The van der Waals surface area contributed by atoms with Crippen LogP contribution < -0.4 is 15.4 Å².